The van der Waals surface area contributed by atoms with Gasteiger partial charge in [0.2, 0.25) is 0 Å². The Morgan fingerprint density at radius 3 is 2.31 bits per heavy atom. The number of nitrogens with zero attached hydrogens (tertiary/aromatic N) is 1. The highest BCUT2D eigenvalue weighted by molar-refractivity contribution is 5.84. The van der Waals surface area contributed by atoms with Crippen molar-refractivity contribution in [1.29, 1.82) is 0 Å². The summed E-state index contributed by atoms with van der Waals surface area (Å²) >= 11 is 0. The average molecular weight is 596 g/mol. The number of carbonyl (C=O) groups is 4. The molecule has 0 saturated carbocycles. The van der Waals surface area contributed by atoms with Crippen LogP contribution in [0.5, 0.6) is 0 Å². The van der Waals surface area contributed by atoms with E-state index in [0.29, 0.717) is 12.8 Å². The lowest BCUT2D eigenvalue weighted by atomic mass is 9.76. The summed E-state index contributed by atoms with van der Waals surface area (Å²) in [6, 6.07) is -0.198. The Balaban J connectivity index is 1.49. The summed E-state index contributed by atoms with van der Waals surface area (Å²) < 4.78 is 42.3. The first-order valence-electron chi connectivity index (χ1n) is 15.2. The number of ketones is 1. The fourth-order valence-corrected chi connectivity index (χ4v) is 7.95. The summed E-state index contributed by atoms with van der Waals surface area (Å²) in [7, 11) is 1.70. The molecule has 0 aliphatic carbocycles. The highest BCUT2D eigenvalue weighted by Crippen LogP contribution is 2.48. The van der Waals surface area contributed by atoms with Gasteiger partial charge in [0.25, 0.3) is 0 Å². The van der Waals surface area contributed by atoms with Crippen molar-refractivity contribution in [2.45, 2.75) is 135 Å². The topological polar surface area (TPSA) is 136 Å². The summed E-state index contributed by atoms with van der Waals surface area (Å²) in [5.74, 6) is -2.92. The SMILES string of the molecule is CC[C@H]1OC(=O)[C@H](C)[C@@H]2O[C@](C)(C[C@@H](C)C(=O)[C@H](C)[C@H]3OC(=O)O[C@]31C)[C@H](O[C@@H]1O[C@H](C)C[C@H]3[C@H]1OC(=O)N3C)[C@H]2C. The van der Waals surface area contributed by atoms with Gasteiger partial charge in [0.1, 0.15) is 11.9 Å². The highest BCUT2D eigenvalue weighted by atomic mass is 16.8. The van der Waals surface area contributed by atoms with Crippen LogP contribution in [0.4, 0.5) is 9.59 Å². The molecular formula is C30H45NO11. The Bertz CT molecular complexity index is 1110. The van der Waals surface area contributed by atoms with Gasteiger partial charge in [0.05, 0.1) is 41.8 Å². The third-order valence-electron chi connectivity index (χ3n) is 10.2. The van der Waals surface area contributed by atoms with E-state index >= 15 is 0 Å². The molecule has 5 aliphatic heterocycles. The molecule has 14 atom stereocenters. The molecule has 0 unspecified atom stereocenters. The van der Waals surface area contributed by atoms with Gasteiger partial charge in [-0.05, 0) is 47.0 Å². The normalized spacial score (nSPS) is 49.5. The van der Waals surface area contributed by atoms with Crippen LogP contribution in [0.3, 0.4) is 0 Å². The summed E-state index contributed by atoms with van der Waals surface area (Å²) in [5.41, 5.74) is -2.34. The lowest BCUT2D eigenvalue weighted by Gasteiger charge is -2.41. The first-order chi connectivity index (χ1) is 19.6. The predicted octanol–water partition coefficient (Wildman–Crippen LogP) is 3.62. The van der Waals surface area contributed by atoms with Crippen molar-refractivity contribution in [3.63, 3.8) is 0 Å². The van der Waals surface area contributed by atoms with Gasteiger partial charge in [-0.25, -0.2) is 9.59 Å². The number of carbonyl (C=O) groups excluding carboxylic acids is 4. The summed E-state index contributed by atoms with van der Waals surface area (Å²) in [5, 5.41) is 0. The first-order valence-corrected chi connectivity index (χ1v) is 15.2. The maximum Gasteiger partial charge on any atom is 0.509 e. The van der Waals surface area contributed by atoms with E-state index in [2.05, 4.69) is 0 Å². The first kappa shape index (κ1) is 31.0. The van der Waals surface area contributed by atoms with E-state index in [-0.39, 0.29) is 30.3 Å². The zero-order valence-corrected chi connectivity index (χ0v) is 26.0. The molecule has 5 aliphatic rings. The lowest BCUT2D eigenvalue weighted by Crippen LogP contribution is -2.55. The van der Waals surface area contributed by atoms with Crippen LogP contribution in [-0.2, 0) is 42.7 Å². The van der Waals surface area contributed by atoms with Gasteiger partial charge < -0.3 is 38.1 Å². The van der Waals surface area contributed by atoms with Crippen LogP contribution in [0.2, 0.25) is 0 Å². The largest absolute Gasteiger partial charge is 0.509 e. The Morgan fingerprint density at radius 1 is 0.952 bits per heavy atom. The van der Waals surface area contributed by atoms with E-state index in [9.17, 15) is 19.2 Å². The number of hydrogen-bond acceptors (Lipinski definition) is 11. The Kier molecular flexibility index (Phi) is 8.06. The number of likely N-dealkylation sites (N-methyl/N-ethyl adjacent to an activating group) is 1. The molecule has 0 radical (unpaired) electrons. The van der Waals surface area contributed by atoms with Crippen LogP contribution in [0.1, 0.15) is 74.7 Å². The molecule has 236 valence electrons. The van der Waals surface area contributed by atoms with Gasteiger partial charge in [-0.2, -0.15) is 0 Å². The fourth-order valence-electron chi connectivity index (χ4n) is 7.95. The maximum atomic E-state index is 13.9. The molecule has 12 nitrogen and oxygen atoms in total. The summed E-state index contributed by atoms with van der Waals surface area (Å²) in [6.07, 6.45) is -4.74. The Labute approximate surface area is 246 Å². The molecule has 0 aromatic heterocycles. The number of amides is 1. The lowest BCUT2D eigenvalue weighted by molar-refractivity contribution is -0.270. The number of esters is 1. The second kappa shape index (κ2) is 10.9. The van der Waals surface area contributed by atoms with Crippen molar-refractivity contribution in [1.82, 2.24) is 4.90 Å². The number of hydrogen-bond donors (Lipinski definition) is 0. The number of fused-ring (bicyclic) bond motifs is 4. The molecule has 2 bridgehead atoms. The van der Waals surface area contributed by atoms with E-state index < -0.39 is 84.0 Å². The molecule has 12 heteroatoms. The Hall–Kier alpha value is -2.44. The molecular weight excluding hydrogens is 550 g/mol. The van der Waals surface area contributed by atoms with E-state index in [1.807, 2.05) is 34.6 Å². The predicted molar refractivity (Wildman–Crippen MR) is 145 cm³/mol. The minimum atomic E-state index is -1.33. The van der Waals surface area contributed by atoms with Gasteiger partial charge >= 0.3 is 18.2 Å². The number of rotatable bonds is 3. The third kappa shape index (κ3) is 4.96. The number of ether oxygens (including phenoxy) is 7. The van der Waals surface area contributed by atoms with Gasteiger partial charge in [-0.15, -0.1) is 0 Å². The third-order valence-corrected chi connectivity index (χ3v) is 10.2. The monoisotopic (exact) mass is 595 g/mol. The van der Waals surface area contributed by atoms with Crippen LogP contribution in [0.25, 0.3) is 0 Å². The molecule has 5 saturated heterocycles. The fraction of sp³-hybridized carbons (Fsp3) is 0.867. The second-order valence-electron chi connectivity index (χ2n) is 13.4. The molecule has 0 aromatic rings. The average Bonchev–Trinajstić information content (AvgIpc) is 3.49. The van der Waals surface area contributed by atoms with E-state index in [4.69, 9.17) is 33.2 Å². The van der Waals surface area contributed by atoms with Crippen LogP contribution in [0, 0.1) is 23.7 Å². The molecule has 0 aromatic carbocycles. The molecule has 5 heterocycles. The molecule has 0 N–H and O–H groups in total. The van der Waals surface area contributed by atoms with Crippen LogP contribution in [-0.4, -0.2) is 96.1 Å². The van der Waals surface area contributed by atoms with Gasteiger partial charge in [-0.3, -0.25) is 9.59 Å². The van der Waals surface area contributed by atoms with Gasteiger partial charge in [0.15, 0.2) is 24.1 Å². The van der Waals surface area contributed by atoms with Crippen molar-refractivity contribution in [2.75, 3.05) is 7.05 Å². The molecule has 5 fully saturated rings. The summed E-state index contributed by atoms with van der Waals surface area (Å²) in [6.45, 7) is 14.5. The zero-order valence-electron chi connectivity index (χ0n) is 26.0. The van der Waals surface area contributed by atoms with E-state index in [1.165, 1.54) is 0 Å². The number of cyclic esters (lactones) is 1. The standard InChI is InChI=1S/C30H45NO11/c1-10-19-30(8)24(40-28(35)42-30)15(4)20(32)13(2)12-29(7)23(16(5)21(41-29)17(6)25(33)37-19)39-26-22-18(11-14(3)36-26)31(9)27(34)38-22/h13-19,21-24,26H,10-12H2,1-9H3/t13-,14-,15+,16+,17-,18+,19-,21-,22-,23-,24-,26+,29-,30+/m1/s1. The molecule has 5 rings (SSSR count). The van der Waals surface area contributed by atoms with Crippen LogP contribution >= 0.6 is 0 Å². The smallest absolute Gasteiger partial charge is 0.458 e. The van der Waals surface area contributed by atoms with Crippen molar-refractivity contribution < 1.29 is 52.3 Å². The minimum Gasteiger partial charge on any atom is -0.458 e. The van der Waals surface area contributed by atoms with Gasteiger partial charge in [0, 0.05) is 18.9 Å². The molecule has 1 amide bonds. The second-order valence-corrected chi connectivity index (χ2v) is 13.4. The molecule has 0 spiro atoms. The van der Waals surface area contributed by atoms with Crippen LogP contribution in [0.15, 0.2) is 0 Å². The maximum absolute atomic E-state index is 13.9. The van der Waals surface area contributed by atoms with E-state index in [0.717, 1.165) is 0 Å². The number of Topliss-reactive ketones (excluding diaryl/α,β-unsaturated/α-hetero) is 1. The highest BCUT2D eigenvalue weighted by Gasteiger charge is 2.61. The summed E-state index contributed by atoms with van der Waals surface area (Å²) in [4.78, 5) is 53.8. The van der Waals surface area contributed by atoms with Crippen molar-refractivity contribution >= 4 is 24.0 Å². The van der Waals surface area contributed by atoms with Crippen LogP contribution < -0.4 is 0 Å². The molecule has 42 heavy (non-hydrogen) atoms. The van der Waals surface area contributed by atoms with Crippen molar-refractivity contribution in [3.8, 4) is 0 Å². The van der Waals surface area contributed by atoms with Crippen molar-refractivity contribution in [3.05, 3.63) is 0 Å². The minimum absolute atomic E-state index is 0.133. The van der Waals surface area contributed by atoms with Crippen molar-refractivity contribution in [2.24, 2.45) is 23.7 Å². The van der Waals surface area contributed by atoms with Gasteiger partial charge in [-0.1, -0.05) is 27.7 Å². The Morgan fingerprint density at radius 2 is 1.64 bits per heavy atom. The zero-order chi connectivity index (χ0) is 30.9. The van der Waals surface area contributed by atoms with E-state index in [1.54, 1.807) is 32.7 Å². The quantitative estimate of drug-likeness (QED) is 0.350.